The first-order valence-corrected chi connectivity index (χ1v) is 14.7. The molecule has 13 nitrogen and oxygen atoms in total. The third-order valence-electron chi connectivity index (χ3n) is 7.91. The Morgan fingerprint density at radius 3 is 2.42 bits per heavy atom. The Morgan fingerprint density at radius 2 is 1.69 bits per heavy atom. The lowest BCUT2D eigenvalue weighted by Crippen LogP contribution is -2.46. The van der Waals surface area contributed by atoms with Crippen LogP contribution in [0.3, 0.4) is 0 Å². The second kappa shape index (κ2) is 12.6. The average molecular weight is 610 g/mol. The van der Waals surface area contributed by atoms with Gasteiger partial charge in [0.1, 0.15) is 23.6 Å². The van der Waals surface area contributed by atoms with Gasteiger partial charge in [-0.05, 0) is 49.4 Å². The predicted octanol–water partition coefficient (Wildman–Crippen LogP) is 3.30. The van der Waals surface area contributed by atoms with Gasteiger partial charge in [-0.15, -0.1) is 0 Å². The fourth-order valence-corrected chi connectivity index (χ4v) is 5.43. The van der Waals surface area contributed by atoms with Crippen LogP contribution in [0.2, 0.25) is 0 Å². The quantitative estimate of drug-likeness (QED) is 0.246. The minimum Gasteiger partial charge on any atom is -0.474 e. The lowest BCUT2D eigenvalue weighted by molar-refractivity contribution is 0.0821. The number of amides is 2. The van der Waals surface area contributed by atoms with Gasteiger partial charge in [-0.25, -0.2) is 4.98 Å². The minimum absolute atomic E-state index is 0.0365. The predicted molar refractivity (Wildman–Crippen MR) is 174 cm³/mol. The molecule has 2 aliphatic heterocycles. The Kier molecular flexibility index (Phi) is 8.23. The maximum atomic E-state index is 13.4. The average Bonchev–Trinajstić information content (AvgIpc) is 3.06. The third-order valence-corrected chi connectivity index (χ3v) is 7.91. The zero-order valence-electron chi connectivity index (χ0n) is 25.4. The molecule has 4 aromatic rings. The second-order valence-electron chi connectivity index (χ2n) is 11.0. The van der Waals surface area contributed by atoms with E-state index in [9.17, 15) is 14.4 Å². The summed E-state index contributed by atoms with van der Waals surface area (Å²) in [5.41, 5.74) is 5.12. The van der Waals surface area contributed by atoms with Crippen molar-refractivity contribution in [2.45, 2.75) is 6.92 Å². The number of fused-ring (bicyclic) bond motifs is 1. The van der Waals surface area contributed by atoms with E-state index in [0.717, 1.165) is 48.8 Å². The summed E-state index contributed by atoms with van der Waals surface area (Å²) in [6.07, 6.45) is 4.80. The monoisotopic (exact) mass is 609 g/mol. The van der Waals surface area contributed by atoms with Crippen LogP contribution in [0.1, 0.15) is 26.4 Å². The lowest BCUT2D eigenvalue weighted by atomic mass is 10.1. The molecule has 3 aromatic heterocycles. The summed E-state index contributed by atoms with van der Waals surface area (Å²) in [7, 11) is 3.43. The molecule has 13 heteroatoms. The van der Waals surface area contributed by atoms with E-state index in [-0.39, 0.29) is 11.5 Å². The normalized spacial score (nSPS) is 14.1. The van der Waals surface area contributed by atoms with Gasteiger partial charge < -0.3 is 40.4 Å². The third kappa shape index (κ3) is 6.23. The van der Waals surface area contributed by atoms with E-state index >= 15 is 0 Å². The molecular formula is C32H35N9O4. The Bertz CT molecular complexity index is 1780. The zero-order valence-corrected chi connectivity index (χ0v) is 25.4. The van der Waals surface area contributed by atoms with Gasteiger partial charge >= 0.3 is 0 Å². The number of nitrogens with one attached hydrogen (secondary N) is 4. The number of piperazine rings is 1. The highest BCUT2D eigenvalue weighted by molar-refractivity contribution is 6.08. The molecule has 1 fully saturated rings. The summed E-state index contributed by atoms with van der Waals surface area (Å²) in [6.45, 7) is 6.27. The fraction of sp³-hybridized carbons (Fsp3) is 0.281. The minimum atomic E-state index is -0.532. The maximum Gasteiger partial charge on any atom is 0.272 e. The van der Waals surface area contributed by atoms with E-state index in [1.54, 1.807) is 32.6 Å². The van der Waals surface area contributed by atoms with Crippen molar-refractivity contribution in [3.63, 3.8) is 0 Å². The SMILES string of the molecule is Cc1c(Nc2cc[nH]c(=O)c2C(=O)Nc2ccc(N3CCN(c4ccnc(C(=O)N(C)C)c4)CC3)cc2)cnc2c1NCCO2. The fourth-order valence-electron chi connectivity index (χ4n) is 5.43. The van der Waals surface area contributed by atoms with Crippen molar-refractivity contribution in [2.75, 3.05) is 79.2 Å². The van der Waals surface area contributed by atoms with Crippen molar-refractivity contribution in [1.29, 1.82) is 0 Å². The molecule has 2 aliphatic rings. The molecule has 45 heavy (non-hydrogen) atoms. The number of nitrogens with zero attached hydrogens (tertiary/aromatic N) is 5. The molecule has 0 aliphatic carbocycles. The number of hydrogen-bond donors (Lipinski definition) is 4. The maximum absolute atomic E-state index is 13.4. The van der Waals surface area contributed by atoms with Gasteiger partial charge in [0, 0.05) is 81.8 Å². The van der Waals surface area contributed by atoms with Crippen LogP contribution in [0.15, 0.2) is 65.8 Å². The van der Waals surface area contributed by atoms with Gasteiger partial charge in [0.25, 0.3) is 17.4 Å². The van der Waals surface area contributed by atoms with Crippen molar-refractivity contribution in [3.05, 3.63) is 88.2 Å². The van der Waals surface area contributed by atoms with E-state index in [0.29, 0.717) is 41.8 Å². The van der Waals surface area contributed by atoms with Gasteiger partial charge in [0.15, 0.2) is 0 Å². The Hall–Kier alpha value is -5.59. The second-order valence-corrected chi connectivity index (χ2v) is 11.0. The number of pyridine rings is 3. The molecule has 0 bridgehead atoms. The zero-order chi connectivity index (χ0) is 31.5. The molecule has 0 saturated carbocycles. The van der Waals surface area contributed by atoms with Crippen molar-refractivity contribution in [1.82, 2.24) is 19.9 Å². The molecule has 2 amide bonds. The topological polar surface area (TPSA) is 148 Å². The molecule has 232 valence electrons. The van der Waals surface area contributed by atoms with E-state index in [1.165, 1.54) is 11.1 Å². The molecule has 5 heterocycles. The number of benzene rings is 1. The van der Waals surface area contributed by atoms with Crippen molar-refractivity contribution < 1.29 is 14.3 Å². The first-order valence-electron chi connectivity index (χ1n) is 14.7. The highest BCUT2D eigenvalue weighted by atomic mass is 16.5. The summed E-state index contributed by atoms with van der Waals surface area (Å²) in [5, 5.41) is 9.36. The van der Waals surface area contributed by atoms with E-state index in [1.807, 2.05) is 43.3 Å². The van der Waals surface area contributed by atoms with Crippen LogP contribution in [-0.4, -0.2) is 85.1 Å². The summed E-state index contributed by atoms with van der Waals surface area (Å²) in [4.78, 5) is 55.7. The molecule has 1 aromatic carbocycles. The molecule has 0 unspecified atom stereocenters. The number of ether oxygens (including phenoxy) is 1. The molecule has 0 radical (unpaired) electrons. The molecule has 4 N–H and O–H groups in total. The molecule has 0 spiro atoms. The first-order chi connectivity index (χ1) is 21.8. The van der Waals surface area contributed by atoms with Gasteiger partial charge in [0.05, 0.1) is 17.6 Å². The summed E-state index contributed by atoms with van der Waals surface area (Å²) in [6, 6.07) is 13.0. The van der Waals surface area contributed by atoms with Crippen LogP contribution in [0.4, 0.5) is 34.1 Å². The van der Waals surface area contributed by atoms with Crippen LogP contribution < -0.4 is 36.0 Å². The molecule has 6 rings (SSSR count). The van der Waals surface area contributed by atoms with Crippen LogP contribution in [0, 0.1) is 6.92 Å². The van der Waals surface area contributed by atoms with Crippen molar-refractivity contribution >= 4 is 45.9 Å². The number of H-pyrrole nitrogens is 1. The number of carbonyl (C=O) groups is 2. The van der Waals surface area contributed by atoms with Crippen LogP contribution >= 0.6 is 0 Å². The number of anilines is 6. The molecule has 1 saturated heterocycles. The van der Waals surface area contributed by atoms with Gasteiger partial charge in [-0.3, -0.25) is 19.4 Å². The van der Waals surface area contributed by atoms with Gasteiger partial charge in [0.2, 0.25) is 5.88 Å². The Morgan fingerprint density at radius 1 is 0.956 bits per heavy atom. The van der Waals surface area contributed by atoms with Crippen LogP contribution in [0.25, 0.3) is 0 Å². The number of hydrogen-bond acceptors (Lipinski definition) is 10. The first kappa shape index (κ1) is 29.5. The van der Waals surface area contributed by atoms with E-state index < -0.39 is 11.5 Å². The summed E-state index contributed by atoms with van der Waals surface area (Å²) < 4.78 is 5.61. The highest BCUT2D eigenvalue weighted by Crippen LogP contribution is 2.34. The smallest absolute Gasteiger partial charge is 0.272 e. The Labute approximate surface area is 260 Å². The largest absolute Gasteiger partial charge is 0.474 e. The lowest BCUT2D eigenvalue weighted by Gasteiger charge is -2.37. The summed E-state index contributed by atoms with van der Waals surface area (Å²) >= 11 is 0. The number of aromatic amines is 1. The van der Waals surface area contributed by atoms with E-state index in [4.69, 9.17) is 4.74 Å². The Balaban J connectivity index is 1.10. The van der Waals surface area contributed by atoms with E-state index in [2.05, 4.69) is 40.7 Å². The van der Waals surface area contributed by atoms with Crippen molar-refractivity contribution in [2.24, 2.45) is 0 Å². The highest BCUT2D eigenvalue weighted by Gasteiger charge is 2.22. The number of rotatable bonds is 7. The molecular weight excluding hydrogens is 574 g/mol. The van der Waals surface area contributed by atoms with Crippen LogP contribution in [0.5, 0.6) is 5.88 Å². The summed E-state index contributed by atoms with van der Waals surface area (Å²) in [5.74, 6) is -0.128. The standard InChI is InChI=1S/C32H35N9O4/c1-20-26(19-36-31-28(20)34-12-17-45-31)38-24-9-11-35-29(42)27(24)30(43)37-21-4-6-22(7-5-21)40-13-15-41(16-14-40)23-8-10-33-25(18-23)32(44)39(2)3/h4-11,18-19,34H,12-17H2,1-3H3,(H,37,43)(H2,35,38,42). The van der Waals surface area contributed by atoms with Crippen molar-refractivity contribution in [3.8, 4) is 5.88 Å². The van der Waals surface area contributed by atoms with Gasteiger partial charge in [-0.1, -0.05) is 0 Å². The molecule has 0 atom stereocenters. The number of aromatic nitrogens is 3. The number of carbonyl (C=O) groups excluding carboxylic acids is 2. The van der Waals surface area contributed by atoms with Crippen LogP contribution in [-0.2, 0) is 0 Å². The van der Waals surface area contributed by atoms with Gasteiger partial charge in [-0.2, -0.15) is 0 Å².